The second kappa shape index (κ2) is 8.48. The first-order chi connectivity index (χ1) is 16.3. The van der Waals surface area contributed by atoms with Crippen molar-refractivity contribution >= 4 is 32.7 Å². The van der Waals surface area contributed by atoms with Gasteiger partial charge in [0.15, 0.2) is 5.65 Å². The van der Waals surface area contributed by atoms with Crippen molar-refractivity contribution in [1.82, 2.24) is 19.5 Å². The van der Waals surface area contributed by atoms with Crippen molar-refractivity contribution < 1.29 is 8.42 Å². The lowest BCUT2D eigenvalue weighted by molar-refractivity contribution is 0.353. The first kappa shape index (κ1) is 21.9. The van der Waals surface area contributed by atoms with Crippen molar-refractivity contribution in [1.29, 1.82) is 0 Å². The molecule has 0 bridgehead atoms. The normalized spacial score (nSPS) is 13.4. The summed E-state index contributed by atoms with van der Waals surface area (Å²) in [6.45, 7) is 1.80. The van der Waals surface area contributed by atoms with Gasteiger partial charge in [-0.25, -0.2) is 17.9 Å². The lowest BCUT2D eigenvalue weighted by Gasteiger charge is -2.20. The number of hydrogen-bond donors (Lipinski definition) is 0. The van der Waals surface area contributed by atoms with E-state index in [1.807, 2.05) is 35.4 Å². The number of nitrogens with zero attached hydrogens (tertiary/aromatic N) is 6. The van der Waals surface area contributed by atoms with Crippen LogP contribution in [0.25, 0.3) is 5.65 Å². The smallest absolute Gasteiger partial charge is 0.232 e. The van der Waals surface area contributed by atoms with Gasteiger partial charge in [-0.05, 0) is 60.5 Å². The van der Waals surface area contributed by atoms with E-state index >= 15 is 0 Å². The number of hydrogen-bond acceptors (Lipinski definition) is 6. The van der Waals surface area contributed by atoms with Gasteiger partial charge in [-0.15, -0.1) is 0 Å². The van der Waals surface area contributed by atoms with Crippen LogP contribution in [-0.2, 0) is 23.1 Å². The van der Waals surface area contributed by atoms with Crippen LogP contribution in [0.5, 0.6) is 0 Å². The molecule has 2 aromatic carbocycles. The average Bonchev–Trinajstić information content (AvgIpc) is 3.44. The zero-order valence-electron chi connectivity index (χ0n) is 19.2. The molecule has 0 spiro atoms. The fourth-order valence-electron chi connectivity index (χ4n) is 4.11. The molecular weight excluding hydrogens is 448 g/mol. The maximum Gasteiger partial charge on any atom is 0.232 e. The molecule has 3 heterocycles. The van der Waals surface area contributed by atoms with E-state index in [9.17, 15) is 8.42 Å². The number of fused-ring (bicyclic) bond motifs is 2. The van der Waals surface area contributed by atoms with Gasteiger partial charge in [-0.2, -0.15) is 5.10 Å². The Morgan fingerprint density at radius 3 is 2.59 bits per heavy atom. The Balaban J connectivity index is 1.65. The van der Waals surface area contributed by atoms with Gasteiger partial charge in [0.1, 0.15) is 6.33 Å². The molecule has 5 rings (SSSR count). The van der Waals surface area contributed by atoms with Crippen LogP contribution in [0.15, 0.2) is 67.1 Å². The zero-order valence-corrected chi connectivity index (χ0v) is 20.0. The zero-order chi connectivity index (χ0) is 23.9. The number of sulfonamides is 1. The van der Waals surface area contributed by atoms with Gasteiger partial charge >= 0.3 is 0 Å². The van der Waals surface area contributed by atoms with Gasteiger partial charge in [0, 0.05) is 32.4 Å². The van der Waals surface area contributed by atoms with E-state index in [-0.39, 0.29) is 0 Å². The van der Waals surface area contributed by atoms with Crippen molar-refractivity contribution in [2.24, 2.45) is 0 Å². The van der Waals surface area contributed by atoms with Crippen LogP contribution in [-0.4, -0.2) is 48.3 Å². The number of rotatable bonds is 4. The molecule has 0 N–H and O–H groups in total. The van der Waals surface area contributed by atoms with E-state index in [0.29, 0.717) is 16.9 Å². The van der Waals surface area contributed by atoms with E-state index in [4.69, 9.17) is 0 Å². The maximum absolute atomic E-state index is 12.2. The molecule has 34 heavy (non-hydrogen) atoms. The molecule has 9 heteroatoms. The monoisotopic (exact) mass is 472 g/mol. The molecule has 172 valence electrons. The Labute approximate surface area is 199 Å². The van der Waals surface area contributed by atoms with Crippen LogP contribution in [0.3, 0.4) is 0 Å². The molecule has 0 saturated heterocycles. The second-order valence-corrected chi connectivity index (χ2v) is 10.4. The van der Waals surface area contributed by atoms with Crippen LogP contribution in [0.1, 0.15) is 16.7 Å². The number of aromatic nitrogens is 3. The Morgan fingerprint density at radius 2 is 1.76 bits per heavy atom. The molecule has 1 aliphatic rings. The van der Waals surface area contributed by atoms with Crippen LogP contribution in [0.2, 0.25) is 0 Å². The third-order valence-electron chi connectivity index (χ3n) is 5.90. The highest BCUT2D eigenvalue weighted by Gasteiger charge is 2.20. The van der Waals surface area contributed by atoms with Crippen LogP contribution in [0, 0.1) is 12.0 Å². The van der Waals surface area contributed by atoms with E-state index in [1.165, 1.54) is 35.1 Å². The van der Waals surface area contributed by atoms with Gasteiger partial charge < -0.3 is 0 Å². The van der Waals surface area contributed by atoms with Crippen molar-refractivity contribution in [3.8, 4) is 12.0 Å². The first-order valence-corrected chi connectivity index (χ1v) is 12.6. The third kappa shape index (κ3) is 4.09. The molecule has 4 aromatic rings. The highest BCUT2D eigenvalue weighted by Crippen LogP contribution is 2.32. The summed E-state index contributed by atoms with van der Waals surface area (Å²) in [6, 6.07) is 20.7. The Kier molecular flexibility index (Phi) is 5.48. The van der Waals surface area contributed by atoms with Crippen molar-refractivity contribution in [2.75, 3.05) is 29.6 Å². The standard InChI is InChI=1S/C25H24N6O2S/c1-28-16-20-10-11-22(15-21(20)17-28)30(24-9-6-13-31-25(24)26-18-27-31)14-12-19-7-4-5-8-23(19)29(2)34(3,32)33/h4-11,13,15,18H,16-17H2,1-3H3. The topological polar surface area (TPSA) is 74.0 Å². The summed E-state index contributed by atoms with van der Waals surface area (Å²) in [5.41, 5.74) is 6.07. The minimum Gasteiger partial charge on any atom is -0.298 e. The number of anilines is 3. The van der Waals surface area contributed by atoms with Crippen LogP contribution < -0.4 is 9.21 Å². The Hall–Kier alpha value is -3.87. The fraction of sp³-hybridized carbons (Fsp3) is 0.200. The molecule has 2 aromatic heterocycles. The summed E-state index contributed by atoms with van der Waals surface area (Å²) >= 11 is 0. The molecule has 1 aliphatic heterocycles. The van der Waals surface area contributed by atoms with Crippen molar-refractivity contribution in [3.05, 3.63) is 83.8 Å². The SMILES string of the molecule is CN1Cc2ccc(N(C#Cc3ccccc3N(C)S(C)(=O)=O)c3cccn4ncnc34)cc2C1. The molecule has 0 fully saturated rings. The highest BCUT2D eigenvalue weighted by atomic mass is 32.2. The minimum absolute atomic E-state index is 0.522. The summed E-state index contributed by atoms with van der Waals surface area (Å²) in [4.78, 5) is 8.58. The van der Waals surface area contributed by atoms with Crippen LogP contribution >= 0.6 is 0 Å². The van der Waals surface area contributed by atoms with Gasteiger partial charge in [-0.1, -0.05) is 18.2 Å². The van der Waals surface area contributed by atoms with E-state index in [2.05, 4.69) is 52.2 Å². The lowest BCUT2D eigenvalue weighted by atomic mass is 10.1. The van der Waals surface area contributed by atoms with Crippen molar-refractivity contribution in [2.45, 2.75) is 13.1 Å². The van der Waals surface area contributed by atoms with Gasteiger partial charge in [0.2, 0.25) is 10.0 Å². The highest BCUT2D eigenvalue weighted by molar-refractivity contribution is 7.92. The first-order valence-electron chi connectivity index (χ1n) is 10.7. The predicted octanol–water partition coefficient (Wildman–Crippen LogP) is 3.22. The third-order valence-corrected chi connectivity index (χ3v) is 7.09. The molecule has 8 nitrogen and oxygen atoms in total. The van der Waals surface area contributed by atoms with E-state index < -0.39 is 10.0 Å². The fourth-order valence-corrected chi connectivity index (χ4v) is 4.63. The van der Waals surface area contributed by atoms with Gasteiger partial charge in [-0.3, -0.25) is 14.1 Å². The molecule has 0 unspecified atom stereocenters. The summed E-state index contributed by atoms with van der Waals surface area (Å²) in [7, 11) is 0.201. The average molecular weight is 473 g/mol. The Bertz CT molecular complexity index is 1550. The molecule has 0 saturated carbocycles. The molecular formula is C25H24N6O2S. The van der Waals surface area contributed by atoms with Crippen molar-refractivity contribution in [3.63, 3.8) is 0 Å². The Morgan fingerprint density at radius 1 is 1.00 bits per heavy atom. The molecule has 0 aliphatic carbocycles. The second-order valence-electron chi connectivity index (χ2n) is 8.37. The quantitative estimate of drug-likeness (QED) is 0.335. The minimum atomic E-state index is -3.43. The molecule has 0 radical (unpaired) electrons. The summed E-state index contributed by atoms with van der Waals surface area (Å²) in [6.07, 6.45) is 4.53. The van der Waals surface area contributed by atoms with E-state index in [0.717, 1.165) is 24.5 Å². The molecule has 0 amide bonds. The van der Waals surface area contributed by atoms with Gasteiger partial charge in [0.25, 0.3) is 0 Å². The summed E-state index contributed by atoms with van der Waals surface area (Å²) < 4.78 is 27.3. The number of pyridine rings is 1. The van der Waals surface area contributed by atoms with Crippen LogP contribution in [0.4, 0.5) is 17.1 Å². The summed E-state index contributed by atoms with van der Waals surface area (Å²) in [5, 5.41) is 4.26. The lowest BCUT2D eigenvalue weighted by Crippen LogP contribution is -2.25. The number of para-hydroxylation sites is 1. The van der Waals surface area contributed by atoms with Gasteiger partial charge in [0.05, 0.1) is 28.9 Å². The predicted molar refractivity (Wildman–Crippen MR) is 133 cm³/mol. The number of benzene rings is 2. The van der Waals surface area contributed by atoms with E-state index in [1.54, 1.807) is 16.6 Å². The molecule has 0 atom stereocenters. The maximum atomic E-state index is 12.2. The largest absolute Gasteiger partial charge is 0.298 e. The summed E-state index contributed by atoms with van der Waals surface area (Å²) in [5.74, 6) is 3.20.